The van der Waals surface area contributed by atoms with Crippen molar-refractivity contribution in [1.29, 1.82) is 0 Å². The first-order valence-electron chi connectivity index (χ1n) is 5.85. The second-order valence-corrected chi connectivity index (χ2v) is 4.63. The van der Waals surface area contributed by atoms with Gasteiger partial charge in [-0.15, -0.1) is 0 Å². The Morgan fingerprint density at radius 3 is 2.88 bits per heavy atom. The van der Waals surface area contributed by atoms with E-state index in [1.54, 1.807) is 0 Å². The van der Waals surface area contributed by atoms with E-state index in [2.05, 4.69) is 29.8 Å². The molecule has 17 heavy (non-hydrogen) atoms. The van der Waals surface area contributed by atoms with Crippen molar-refractivity contribution in [1.82, 2.24) is 4.57 Å². The van der Waals surface area contributed by atoms with Gasteiger partial charge in [0.25, 0.3) is 0 Å². The third-order valence-electron chi connectivity index (χ3n) is 3.77. The molecule has 1 aromatic heterocycles. The van der Waals surface area contributed by atoms with Gasteiger partial charge in [0.15, 0.2) is 0 Å². The average Bonchev–Trinajstić information content (AvgIpc) is 2.90. The van der Waals surface area contributed by atoms with E-state index < -0.39 is 0 Å². The zero-order valence-corrected chi connectivity index (χ0v) is 10.1. The number of hydrogen-bond donors (Lipinski definition) is 0. The Bertz CT molecular complexity index is 598. The molecule has 0 saturated carbocycles. The van der Waals surface area contributed by atoms with Crippen LogP contribution in [0.3, 0.4) is 0 Å². The van der Waals surface area contributed by atoms with E-state index in [0.29, 0.717) is 0 Å². The van der Waals surface area contributed by atoms with E-state index in [0.717, 1.165) is 12.8 Å². The highest BCUT2D eigenvalue weighted by Crippen LogP contribution is 2.35. The largest absolute Gasteiger partial charge is 0.469 e. The summed E-state index contributed by atoms with van der Waals surface area (Å²) in [5.74, 6) is -0.0916. The number of nitrogens with zero attached hydrogens (tertiary/aromatic N) is 1. The molecule has 2 aromatic rings. The van der Waals surface area contributed by atoms with Gasteiger partial charge in [0.05, 0.1) is 13.0 Å². The summed E-state index contributed by atoms with van der Waals surface area (Å²) in [5, 5.41) is 1.27. The van der Waals surface area contributed by atoms with Crippen molar-refractivity contribution in [3.63, 3.8) is 0 Å². The van der Waals surface area contributed by atoms with Gasteiger partial charge in [-0.3, -0.25) is 4.79 Å². The SMILES string of the molecule is COC(=O)[C@@H]1Cc2c(n(C)c3ccccc23)C1. The van der Waals surface area contributed by atoms with Crippen LogP contribution >= 0.6 is 0 Å². The van der Waals surface area contributed by atoms with Gasteiger partial charge >= 0.3 is 5.97 Å². The summed E-state index contributed by atoms with van der Waals surface area (Å²) in [4.78, 5) is 11.6. The quantitative estimate of drug-likeness (QED) is 0.701. The molecule has 1 aliphatic carbocycles. The minimum atomic E-state index is -0.0923. The number of fused-ring (bicyclic) bond motifs is 3. The summed E-state index contributed by atoms with van der Waals surface area (Å²) in [6.07, 6.45) is 1.61. The summed E-state index contributed by atoms with van der Waals surface area (Å²) < 4.78 is 7.04. The number of methoxy groups -OCH3 is 1. The van der Waals surface area contributed by atoms with Gasteiger partial charge < -0.3 is 9.30 Å². The van der Waals surface area contributed by atoms with Gasteiger partial charge in [0, 0.05) is 30.1 Å². The molecule has 3 rings (SSSR count). The van der Waals surface area contributed by atoms with Gasteiger partial charge in [-0.25, -0.2) is 0 Å². The molecule has 88 valence electrons. The number of carbonyl (C=O) groups excluding carboxylic acids is 1. The van der Waals surface area contributed by atoms with Crippen LogP contribution in [0.4, 0.5) is 0 Å². The molecule has 1 atom stereocenters. The molecular weight excluding hydrogens is 214 g/mol. The zero-order valence-electron chi connectivity index (χ0n) is 10.1. The summed E-state index contributed by atoms with van der Waals surface area (Å²) in [6.45, 7) is 0. The standard InChI is InChI=1S/C14H15NO2/c1-15-12-6-4-3-5-10(12)11-7-9(8-13(11)15)14(16)17-2/h3-6,9H,7-8H2,1-2H3/t9-/m1/s1. The second-order valence-electron chi connectivity index (χ2n) is 4.63. The topological polar surface area (TPSA) is 31.2 Å². The highest BCUT2D eigenvalue weighted by Gasteiger charge is 2.32. The molecule has 3 heteroatoms. The number of benzene rings is 1. The lowest BCUT2D eigenvalue weighted by Gasteiger charge is -2.07. The van der Waals surface area contributed by atoms with E-state index in [1.165, 1.54) is 29.3 Å². The summed E-state index contributed by atoms with van der Waals surface area (Å²) in [5.41, 5.74) is 3.85. The first kappa shape index (κ1) is 10.4. The maximum atomic E-state index is 11.6. The van der Waals surface area contributed by atoms with Crippen molar-refractivity contribution in [3.05, 3.63) is 35.5 Å². The molecule has 0 fully saturated rings. The first-order chi connectivity index (χ1) is 8.22. The summed E-state index contributed by atoms with van der Waals surface area (Å²) >= 11 is 0. The van der Waals surface area contributed by atoms with Gasteiger partial charge in [-0.05, 0) is 18.1 Å². The Hall–Kier alpha value is -1.77. The van der Waals surface area contributed by atoms with Crippen LogP contribution in [0.1, 0.15) is 11.3 Å². The summed E-state index contributed by atoms with van der Waals surface area (Å²) in [7, 11) is 3.53. The van der Waals surface area contributed by atoms with Crippen LogP contribution in [0.5, 0.6) is 0 Å². The fourth-order valence-corrected chi connectivity index (χ4v) is 2.90. The first-order valence-corrected chi connectivity index (χ1v) is 5.85. The Balaban J connectivity index is 2.10. The molecule has 0 unspecified atom stereocenters. The lowest BCUT2D eigenvalue weighted by molar-refractivity contribution is -0.145. The number of hydrogen-bond acceptors (Lipinski definition) is 2. The Labute approximate surface area is 100.0 Å². The predicted molar refractivity (Wildman–Crippen MR) is 65.8 cm³/mol. The van der Waals surface area contributed by atoms with Crippen molar-refractivity contribution in [2.45, 2.75) is 12.8 Å². The highest BCUT2D eigenvalue weighted by molar-refractivity contribution is 5.88. The van der Waals surface area contributed by atoms with Crippen LogP contribution in [0.25, 0.3) is 10.9 Å². The molecular formula is C14H15NO2. The van der Waals surface area contributed by atoms with E-state index in [1.807, 2.05) is 6.07 Å². The van der Waals surface area contributed by atoms with Crippen molar-refractivity contribution in [2.75, 3.05) is 7.11 Å². The van der Waals surface area contributed by atoms with E-state index in [4.69, 9.17) is 4.74 Å². The van der Waals surface area contributed by atoms with Crippen LogP contribution in [0, 0.1) is 5.92 Å². The molecule has 0 radical (unpaired) electrons. The Morgan fingerprint density at radius 1 is 1.35 bits per heavy atom. The average molecular weight is 229 g/mol. The molecule has 0 amide bonds. The molecule has 0 N–H and O–H groups in total. The molecule has 0 spiro atoms. The van der Waals surface area contributed by atoms with Gasteiger partial charge in [-0.1, -0.05) is 18.2 Å². The molecule has 1 heterocycles. The summed E-state index contributed by atoms with van der Waals surface area (Å²) in [6, 6.07) is 8.36. The van der Waals surface area contributed by atoms with Crippen molar-refractivity contribution >= 4 is 16.9 Å². The van der Waals surface area contributed by atoms with Crippen LogP contribution in [-0.4, -0.2) is 17.6 Å². The fourth-order valence-electron chi connectivity index (χ4n) is 2.90. The number of para-hydroxylation sites is 1. The third kappa shape index (κ3) is 1.38. The highest BCUT2D eigenvalue weighted by atomic mass is 16.5. The predicted octanol–water partition coefficient (Wildman–Crippen LogP) is 2.07. The van der Waals surface area contributed by atoms with Crippen LogP contribution < -0.4 is 0 Å². The maximum Gasteiger partial charge on any atom is 0.309 e. The Kier molecular flexibility index (Phi) is 2.21. The number of aryl methyl sites for hydroxylation is 1. The number of rotatable bonds is 1. The normalized spacial score (nSPS) is 18.4. The lowest BCUT2D eigenvalue weighted by atomic mass is 10.1. The van der Waals surface area contributed by atoms with E-state index >= 15 is 0 Å². The van der Waals surface area contributed by atoms with E-state index in [-0.39, 0.29) is 11.9 Å². The molecule has 0 bridgehead atoms. The van der Waals surface area contributed by atoms with Crippen LogP contribution in [-0.2, 0) is 29.4 Å². The second kappa shape index (κ2) is 3.62. The van der Waals surface area contributed by atoms with E-state index in [9.17, 15) is 4.79 Å². The molecule has 0 aliphatic heterocycles. The maximum absolute atomic E-state index is 11.6. The smallest absolute Gasteiger partial charge is 0.309 e. The van der Waals surface area contributed by atoms with Crippen LogP contribution in [0.15, 0.2) is 24.3 Å². The fraction of sp³-hybridized carbons (Fsp3) is 0.357. The number of esters is 1. The monoisotopic (exact) mass is 229 g/mol. The van der Waals surface area contributed by atoms with Crippen molar-refractivity contribution in [3.8, 4) is 0 Å². The number of ether oxygens (including phenoxy) is 1. The molecule has 3 nitrogen and oxygen atoms in total. The van der Waals surface area contributed by atoms with Gasteiger partial charge in [0.2, 0.25) is 0 Å². The number of carbonyl (C=O) groups is 1. The minimum Gasteiger partial charge on any atom is -0.469 e. The number of aromatic nitrogens is 1. The minimum absolute atomic E-state index is 0.000746. The lowest BCUT2D eigenvalue weighted by Crippen LogP contribution is -2.16. The van der Waals surface area contributed by atoms with Crippen LogP contribution in [0.2, 0.25) is 0 Å². The molecule has 0 saturated heterocycles. The van der Waals surface area contributed by atoms with Gasteiger partial charge in [-0.2, -0.15) is 0 Å². The molecule has 1 aliphatic rings. The van der Waals surface area contributed by atoms with Crippen molar-refractivity contribution < 1.29 is 9.53 Å². The zero-order chi connectivity index (χ0) is 12.0. The van der Waals surface area contributed by atoms with Crippen molar-refractivity contribution in [2.24, 2.45) is 13.0 Å². The Morgan fingerprint density at radius 2 is 2.12 bits per heavy atom. The van der Waals surface area contributed by atoms with Gasteiger partial charge in [0.1, 0.15) is 0 Å². The third-order valence-corrected chi connectivity index (χ3v) is 3.77. The molecule has 1 aromatic carbocycles.